The lowest BCUT2D eigenvalue weighted by molar-refractivity contribution is 0.292. The first-order valence-corrected chi connectivity index (χ1v) is 6.11. The van der Waals surface area contributed by atoms with Gasteiger partial charge in [-0.2, -0.15) is 0 Å². The van der Waals surface area contributed by atoms with Crippen LogP contribution in [0.4, 0.5) is 8.78 Å². The lowest BCUT2D eigenvalue weighted by Gasteiger charge is -2.27. The average molecular weight is 245 g/mol. The third kappa shape index (κ3) is 2.37. The molecule has 0 bridgehead atoms. The molecule has 0 radical (unpaired) electrons. The zero-order chi connectivity index (χ0) is 11.7. The Hall–Kier alpha value is -0.630. The number of hydrogen-bond donors (Lipinski definition) is 0. The van der Waals surface area contributed by atoms with Crippen molar-refractivity contribution in [3.05, 3.63) is 34.9 Å². The number of benzene rings is 1. The fourth-order valence-electron chi connectivity index (χ4n) is 2.07. The van der Waals surface area contributed by atoms with Gasteiger partial charge in [0.2, 0.25) is 0 Å². The average Bonchev–Trinajstić information content (AvgIpc) is 2.17. The second kappa shape index (κ2) is 4.70. The van der Waals surface area contributed by atoms with Gasteiger partial charge in [-0.3, -0.25) is 0 Å². The number of hydrogen-bond acceptors (Lipinski definition) is 0. The van der Waals surface area contributed by atoms with Crippen molar-refractivity contribution in [2.45, 2.75) is 38.0 Å². The SMILES string of the molecule is Cc1cc(C(Cl)CC2CCC2)c(F)cc1F. The Balaban J connectivity index is 2.14. The molecule has 1 unspecified atom stereocenters. The van der Waals surface area contributed by atoms with Crippen LogP contribution in [-0.2, 0) is 0 Å². The van der Waals surface area contributed by atoms with Gasteiger partial charge < -0.3 is 0 Å². The summed E-state index contributed by atoms with van der Waals surface area (Å²) in [6, 6.07) is 2.46. The number of rotatable bonds is 3. The predicted octanol–water partition coefficient (Wildman–Crippen LogP) is 4.74. The lowest BCUT2D eigenvalue weighted by atomic mass is 9.81. The van der Waals surface area contributed by atoms with Gasteiger partial charge >= 0.3 is 0 Å². The quantitative estimate of drug-likeness (QED) is 0.674. The molecule has 3 heteroatoms. The number of alkyl halides is 1. The molecule has 0 aliphatic heterocycles. The molecule has 1 atom stereocenters. The van der Waals surface area contributed by atoms with E-state index in [-0.39, 0.29) is 5.38 Å². The van der Waals surface area contributed by atoms with E-state index >= 15 is 0 Å². The molecule has 88 valence electrons. The van der Waals surface area contributed by atoms with Crippen molar-refractivity contribution in [2.24, 2.45) is 5.92 Å². The maximum absolute atomic E-state index is 13.5. The molecule has 0 spiro atoms. The highest BCUT2D eigenvalue weighted by Crippen LogP contribution is 2.38. The zero-order valence-electron chi connectivity index (χ0n) is 9.27. The van der Waals surface area contributed by atoms with E-state index in [0.29, 0.717) is 17.0 Å². The molecule has 1 aliphatic carbocycles. The molecule has 0 saturated heterocycles. The summed E-state index contributed by atoms with van der Waals surface area (Å²) in [6.07, 6.45) is 4.42. The summed E-state index contributed by atoms with van der Waals surface area (Å²) >= 11 is 6.18. The molecule has 2 rings (SSSR count). The third-order valence-corrected chi connectivity index (χ3v) is 3.79. The number of aryl methyl sites for hydroxylation is 1. The van der Waals surface area contributed by atoms with Crippen molar-refractivity contribution in [1.29, 1.82) is 0 Å². The van der Waals surface area contributed by atoms with Gasteiger partial charge in [0.25, 0.3) is 0 Å². The van der Waals surface area contributed by atoms with Gasteiger partial charge in [0.1, 0.15) is 11.6 Å². The Labute approximate surface area is 99.6 Å². The van der Waals surface area contributed by atoms with Crippen LogP contribution in [0.5, 0.6) is 0 Å². The van der Waals surface area contributed by atoms with Crippen molar-refractivity contribution in [3.8, 4) is 0 Å². The molecular formula is C13H15ClF2. The molecule has 1 aromatic rings. The van der Waals surface area contributed by atoms with Crippen molar-refractivity contribution in [3.63, 3.8) is 0 Å². The summed E-state index contributed by atoms with van der Waals surface area (Å²) in [5.74, 6) is -0.413. The van der Waals surface area contributed by atoms with Crippen LogP contribution in [0.15, 0.2) is 12.1 Å². The standard InChI is InChI=1S/C13H15ClF2/c1-8-5-10(13(16)7-12(8)15)11(14)6-9-3-2-4-9/h5,7,9,11H,2-4,6H2,1H3. The molecular weight excluding hydrogens is 230 g/mol. The lowest BCUT2D eigenvalue weighted by Crippen LogP contribution is -2.13. The fraction of sp³-hybridized carbons (Fsp3) is 0.538. The summed E-state index contributed by atoms with van der Waals surface area (Å²) in [6.45, 7) is 1.63. The first-order valence-electron chi connectivity index (χ1n) is 5.67. The summed E-state index contributed by atoms with van der Waals surface area (Å²) in [7, 11) is 0. The smallest absolute Gasteiger partial charge is 0.130 e. The normalized spacial score (nSPS) is 18.2. The van der Waals surface area contributed by atoms with Crippen LogP contribution in [0.1, 0.15) is 42.2 Å². The van der Waals surface area contributed by atoms with Crippen molar-refractivity contribution >= 4 is 11.6 Å². The van der Waals surface area contributed by atoms with Crippen LogP contribution in [0.2, 0.25) is 0 Å². The van der Waals surface area contributed by atoms with Crippen LogP contribution in [0.25, 0.3) is 0 Å². The highest BCUT2D eigenvalue weighted by atomic mass is 35.5. The van der Waals surface area contributed by atoms with Gasteiger partial charge in [0, 0.05) is 11.6 Å². The summed E-state index contributed by atoms with van der Waals surface area (Å²) in [5, 5.41) is -0.329. The third-order valence-electron chi connectivity index (χ3n) is 3.38. The van der Waals surface area contributed by atoms with Crippen LogP contribution in [0, 0.1) is 24.5 Å². The van der Waals surface area contributed by atoms with E-state index < -0.39 is 11.6 Å². The minimum Gasteiger partial charge on any atom is -0.207 e. The predicted molar refractivity (Wildman–Crippen MR) is 61.6 cm³/mol. The highest BCUT2D eigenvalue weighted by molar-refractivity contribution is 6.20. The van der Waals surface area contributed by atoms with E-state index in [9.17, 15) is 8.78 Å². The second-order valence-corrected chi connectivity index (χ2v) is 5.15. The molecule has 1 fully saturated rings. The van der Waals surface area contributed by atoms with Crippen LogP contribution in [-0.4, -0.2) is 0 Å². The largest absolute Gasteiger partial charge is 0.207 e. The van der Waals surface area contributed by atoms with Gasteiger partial charge in [-0.25, -0.2) is 8.78 Å². The number of halogens is 3. The van der Waals surface area contributed by atoms with Gasteiger partial charge in [-0.05, 0) is 30.9 Å². The Morgan fingerprint density at radius 1 is 1.31 bits per heavy atom. The maximum atomic E-state index is 13.5. The fourth-order valence-corrected chi connectivity index (χ4v) is 2.49. The zero-order valence-corrected chi connectivity index (χ0v) is 10.0. The molecule has 0 N–H and O–H groups in total. The maximum Gasteiger partial charge on any atom is 0.130 e. The monoisotopic (exact) mass is 244 g/mol. The molecule has 1 aliphatic rings. The van der Waals surface area contributed by atoms with E-state index in [1.807, 2.05) is 0 Å². The van der Waals surface area contributed by atoms with Gasteiger partial charge in [-0.1, -0.05) is 19.3 Å². The Bertz CT molecular complexity index is 386. The van der Waals surface area contributed by atoms with E-state index in [0.717, 1.165) is 12.5 Å². The summed E-state index contributed by atoms with van der Waals surface area (Å²) < 4.78 is 26.6. The molecule has 0 aromatic heterocycles. The Kier molecular flexibility index (Phi) is 3.48. The van der Waals surface area contributed by atoms with Crippen molar-refractivity contribution in [1.82, 2.24) is 0 Å². The molecule has 1 saturated carbocycles. The van der Waals surface area contributed by atoms with Crippen LogP contribution < -0.4 is 0 Å². The summed E-state index contributed by atoms with van der Waals surface area (Å²) in [5.41, 5.74) is 0.892. The van der Waals surface area contributed by atoms with E-state index in [1.165, 1.54) is 25.3 Å². The minimum absolute atomic E-state index is 0.329. The Morgan fingerprint density at radius 2 is 2.00 bits per heavy atom. The minimum atomic E-state index is -0.526. The highest BCUT2D eigenvalue weighted by Gasteiger charge is 2.24. The summed E-state index contributed by atoms with van der Waals surface area (Å²) in [4.78, 5) is 0. The molecule has 0 amide bonds. The van der Waals surface area contributed by atoms with Gasteiger partial charge in [0.05, 0.1) is 5.38 Å². The topological polar surface area (TPSA) is 0 Å². The van der Waals surface area contributed by atoms with Crippen LogP contribution in [0.3, 0.4) is 0 Å². The van der Waals surface area contributed by atoms with E-state index in [2.05, 4.69) is 0 Å². The first kappa shape index (κ1) is 11.8. The van der Waals surface area contributed by atoms with E-state index in [1.54, 1.807) is 6.92 Å². The second-order valence-electron chi connectivity index (χ2n) is 4.62. The van der Waals surface area contributed by atoms with Crippen LogP contribution >= 0.6 is 11.6 Å². The van der Waals surface area contributed by atoms with E-state index in [4.69, 9.17) is 11.6 Å². The molecule has 0 nitrogen and oxygen atoms in total. The van der Waals surface area contributed by atoms with Gasteiger partial charge in [0.15, 0.2) is 0 Å². The molecule has 16 heavy (non-hydrogen) atoms. The molecule has 0 heterocycles. The van der Waals surface area contributed by atoms with Crippen molar-refractivity contribution in [2.75, 3.05) is 0 Å². The van der Waals surface area contributed by atoms with Gasteiger partial charge in [-0.15, -0.1) is 11.6 Å². The molecule has 1 aromatic carbocycles. The first-order chi connectivity index (χ1) is 7.58. The Morgan fingerprint density at radius 3 is 2.56 bits per heavy atom. The van der Waals surface area contributed by atoms with Crippen molar-refractivity contribution < 1.29 is 8.78 Å².